The van der Waals surface area contributed by atoms with Crippen molar-refractivity contribution in [2.24, 2.45) is 5.92 Å². The number of para-hydroxylation sites is 3. The number of nitrogens with zero attached hydrogens (tertiary/aromatic N) is 2. The number of carbonyl (C=O) groups is 1. The minimum atomic E-state index is -0.360. The van der Waals surface area contributed by atoms with Crippen LogP contribution in [0, 0.1) is 5.92 Å². The summed E-state index contributed by atoms with van der Waals surface area (Å²) in [5.41, 5.74) is 0.344. The Balaban J connectivity index is 1.19. The van der Waals surface area contributed by atoms with Crippen molar-refractivity contribution in [2.45, 2.75) is 37.9 Å². The quantitative estimate of drug-likeness (QED) is 0.731. The van der Waals surface area contributed by atoms with E-state index in [0.29, 0.717) is 19.1 Å². The number of hydrogen-bond donors (Lipinski definition) is 0. The second kappa shape index (κ2) is 8.41. The number of ether oxygens (including phenoxy) is 3. The minimum absolute atomic E-state index is 0.0422. The van der Waals surface area contributed by atoms with Crippen LogP contribution >= 0.6 is 0 Å². The fourth-order valence-corrected chi connectivity index (χ4v) is 4.98. The maximum Gasteiger partial charge on any atom is 0.253 e. The van der Waals surface area contributed by atoms with E-state index in [1.165, 1.54) is 0 Å². The van der Waals surface area contributed by atoms with Crippen molar-refractivity contribution in [3.05, 3.63) is 54.6 Å². The molecule has 0 aliphatic carbocycles. The highest BCUT2D eigenvalue weighted by Gasteiger charge is 2.44. The van der Waals surface area contributed by atoms with E-state index in [0.717, 1.165) is 49.7 Å². The van der Waals surface area contributed by atoms with Crippen LogP contribution in [0.4, 0.5) is 5.69 Å². The smallest absolute Gasteiger partial charge is 0.253 e. The highest BCUT2D eigenvalue weighted by Crippen LogP contribution is 2.39. The summed E-state index contributed by atoms with van der Waals surface area (Å²) in [6.07, 6.45) is 1.85. The molecule has 2 fully saturated rings. The van der Waals surface area contributed by atoms with Crippen LogP contribution in [0.25, 0.3) is 0 Å². The van der Waals surface area contributed by atoms with Crippen LogP contribution in [0.15, 0.2) is 54.6 Å². The maximum absolute atomic E-state index is 12.5. The molecule has 2 atom stereocenters. The number of anilines is 1. The van der Waals surface area contributed by atoms with Crippen molar-refractivity contribution < 1.29 is 19.0 Å². The molecular weight excluding hydrogens is 404 g/mol. The summed E-state index contributed by atoms with van der Waals surface area (Å²) in [5.74, 6) is 2.00. The average Bonchev–Trinajstić information content (AvgIpc) is 2.83. The summed E-state index contributed by atoms with van der Waals surface area (Å²) in [5, 5.41) is 0. The average molecular weight is 437 g/mol. The van der Waals surface area contributed by atoms with E-state index in [1.807, 2.05) is 59.5 Å². The zero-order chi connectivity index (χ0) is 22.2. The Kier molecular flexibility index (Phi) is 5.59. The number of hydrogen-bond acceptors (Lipinski definition) is 5. The first-order chi connectivity index (χ1) is 15.5. The summed E-state index contributed by atoms with van der Waals surface area (Å²) in [6, 6.07) is 17.8. The van der Waals surface area contributed by atoms with Crippen LogP contribution in [0.1, 0.15) is 26.7 Å². The molecule has 2 saturated heterocycles. The van der Waals surface area contributed by atoms with E-state index in [4.69, 9.17) is 14.2 Å². The van der Waals surface area contributed by atoms with E-state index in [2.05, 4.69) is 18.7 Å². The van der Waals surface area contributed by atoms with Crippen molar-refractivity contribution >= 4 is 11.6 Å². The van der Waals surface area contributed by atoms with Crippen molar-refractivity contribution in [3.63, 3.8) is 0 Å². The maximum atomic E-state index is 12.5. The highest BCUT2D eigenvalue weighted by atomic mass is 16.6. The molecule has 32 heavy (non-hydrogen) atoms. The van der Waals surface area contributed by atoms with Crippen LogP contribution in [0.5, 0.6) is 11.5 Å². The van der Waals surface area contributed by atoms with Gasteiger partial charge in [0.2, 0.25) is 0 Å². The molecule has 0 saturated carbocycles. The van der Waals surface area contributed by atoms with Crippen molar-refractivity contribution in [1.29, 1.82) is 0 Å². The molecule has 0 radical (unpaired) electrons. The molecule has 1 amide bonds. The van der Waals surface area contributed by atoms with Gasteiger partial charge >= 0.3 is 0 Å². The van der Waals surface area contributed by atoms with Gasteiger partial charge in [0.25, 0.3) is 5.91 Å². The molecule has 2 aromatic rings. The molecule has 6 heteroatoms. The molecule has 6 nitrogen and oxygen atoms in total. The Hall–Kier alpha value is -2.57. The van der Waals surface area contributed by atoms with Gasteiger partial charge in [-0.05, 0) is 44.0 Å². The summed E-state index contributed by atoms with van der Waals surface area (Å²) < 4.78 is 18.5. The Morgan fingerprint density at radius 2 is 1.69 bits per heavy atom. The number of likely N-dealkylation sites (tertiary alicyclic amines) is 1. The fraction of sp³-hybridized carbons (Fsp3) is 0.500. The molecule has 5 rings (SSSR count). The van der Waals surface area contributed by atoms with Gasteiger partial charge in [0.1, 0.15) is 18.8 Å². The Labute approximate surface area is 190 Å². The van der Waals surface area contributed by atoms with E-state index in [-0.39, 0.29) is 23.7 Å². The minimum Gasteiger partial charge on any atom is -0.486 e. The van der Waals surface area contributed by atoms with Gasteiger partial charge in [-0.25, -0.2) is 0 Å². The van der Waals surface area contributed by atoms with Gasteiger partial charge in [-0.1, -0.05) is 37.3 Å². The largest absolute Gasteiger partial charge is 0.486 e. The molecule has 0 aromatic heterocycles. The van der Waals surface area contributed by atoms with Crippen LogP contribution in [-0.2, 0) is 9.53 Å². The summed E-state index contributed by atoms with van der Waals surface area (Å²) in [7, 11) is 0. The lowest BCUT2D eigenvalue weighted by atomic mass is 9.86. The number of piperidine rings is 1. The highest BCUT2D eigenvalue weighted by molar-refractivity contribution is 5.95. The Morgan fingerprint density at radius 3 is 2.44 bits per heavy atom. The van der Waals surface area contributed by atoms with Gasteiger partial charge in [0, 0.05) is 31.2 Å². The number of carbonyl (C=O) groups excluding carboxylic acids is 1. The normalized spacial score (nSPS) is 26.2. The Bertz CT molecular complexity index is 957. The van der Waals surface area contributed by atoms with E-state index in [9.17, 15) is 4.79 Å². The Morgan fingerprint density at radius 1 is 1.00 bits per heavy atom. The first-order valence-corrected chi connectivity index (χ1v) is 11.6. The molecule has 170 valence electrons. The topological polar surface area (TPSA) is 51.2 Å². The standard InChI is InChI=1S/C26H32N2O4/c1-20(25(2)19-30-22-10-6-7-11-23(22)32-25)16-27-14-12-26(13-15-27)18-28(24(29)17-31-26)21-8-4-3-5-9-21/h3-11,20H,12-19H2,1-2H3/t20?,25-/m0/s1. The summed E-state index contributed by atoms with van der Waals surface area (Å²) in [6.45, 7) is 8.59. The third-order valence-corrected chi connectivity index (χ3v) is 7.37. The second-order valence-electron chi connectivity index (χ2n) is 9.64. The van der Waals surface area contributed by atoms with E-state index >= 15 is 0 Å². The number of rotatable bonds is 4. The molecule has 2 aromatic carbocycles. The molecule has 0 N–H and O–H groups in total. The van der Waals surface area contributed by atoms with Gasteiger partial charge in [-0.3, -0.25) is 4.79 Å². The zero-order valence-corrected chi connectivity index (χ0v) is 19.0. The second-order valence-corrected chi connectivity index (χ2v) is 9.64. The molecule has 3 heterocycles. The lowest BCUT2D eigenvalue weighted by Crippen LogP contribution is -2.60. The molecule has 1 spiro atoms. The van der Waals surface area contributed by atoms with Gasteiger partial charge in [0.15, 0.2) is 11.5 Å². The van der Waals surface area contributed by atoms with Crippen molar-refractivity contribution in [1.82, 2.24) is 4.90 Å². The summed E-state index contributed by atoms with van der Waals surface area (Å²) in [4.78, 5) is 16.9. The van der Waals surface area contributed by atoms with E-state index in [1.54, 1.807) is 0 Å². The SMILES string of the molecule is CC(CN1CCC2(CC1)CN(c1ccccc1)C(=O)CO2)[C@]1(C)COc2ccccc2O1. The molecular formula is C26H32N2O4. The zero-order valence-electron chi connectivity index (χ0n) is 19.0. The third-order valence-electron chi connectivity index (χ3n) is 7.37. The van der Waals surface area contributed by atoms with Gasteiger partial charge < -0.3 is 24.0 Å². The first kappa shape index (κ1) is 21.3. The molecule has 1 unspecified atom stereocenters. The fourth-order valence-electron chi connectivity index (χ4n) is 4.98. The van der Waals surface area contributed by atoms with Gasteiger partial charge in [0.05, 0.1) is 12.1 Å². The van der Waals surface area contributed by atoms with Gasteiger partial charge in [-0.15, -0.1) is 0 Å². The number of fused-ring (bicyclic) bond motifs is 1. The molecule has 0 bridgehead atoms. The lowest BCUT2D eigenvalue weighted by Gasteiger charge is -2.48. The number of amides is 1. The summed E-state index contributed by atoms with van der Waals surface area (Å²) >= 11 is 0. The lowest BCUT2D eigenvalue weighted by molar-refractivity contribution is -0.145. The van der Waals surface area contributed by atoms with Gasteiger partial charge in [-0.2, -0.15) is 0 Å². The molecule has 3 aliphatic rings. The third kappa shape index (κ3) is 4.09. The van der Waals surface area contributed by atoms with Crippen molar-refractivity contribution in [2.75, 3.05) is 44.3 Å². The molecule has 3 aliphatic heterocycles. The van der Waals surface area contributed by atoms with Crippen LogP contribution in [-0.4, -0.2) is 61.4 Å². The number of benzene rings is 2. The monoisotopic (exact) mass is 436 g/mol. The van der Waals surface area contributed by atoms with Crippen molar-refractivity contribution in [3.8, 4) is 11.5 Å². The van der Waals surface area contributed by atoms with Crippen LogP contribution in [0.2, 0.25) is 0 Å². The first-order valence-electron chi connectivity index (χ1n) is 11.6. The predicted octanol–water partition coefficient (Wildman–Crippen LogP) is 3.75. The van der Waals surface area contributed by atoms with Crippen LogP contribution < -0.4 is 14.4 Å². The van der Waals surface area contributed by atoms with Crippen LogP contribution in [0.3, 0.4) is 0 Å². The predicted molar refractivity (Wildman–Crippen MR) is 123 cm³/mol. The van der Waals surface area contributed by atoms with E-state index < -0.39 is 0 Å². The number of morpholine rings is 1.